The van der Waals surface area contributed by atoms with E-state index in [1.165, 1.54) is 11.3 Å². The zero-order valence-electron chi connectivity index (χ0n) is 6.99. The van der Waals surface area contributed by atoms with Crippen LogP contribution in [0.25, 0.3) is 0 Å². The molecule has 1 rings (SSSR count). The average molecular weight is 207 g/mol. The normalized spacial score (nSPS) is 13.0. The summed E-state index contributed by atoms with van der Waals surface area (Å²) in [5.74, 6) is 0. The fourth-order valence-electron chi connectivity index (χ4n) is 0.897. The van der Waals surface area contributed by atoms with Crippen LogP contribution in [0.1, 0.15) is 6.92 Å². The number of likely N-dealkylation sites (N-methyl/N-ethyl adjacent to an activating group) is 1. The number of aliphatic hydroxyl groups excluding tert-OH is 1. The zero-order valence-corrected chi connectivity index (χ0v) is 8.56. The standard InChI is InChI=1S/C7H11ClN2OS/c1-5(11)4-10(2)7-9-3-6(8)12-7/h3,5,11H,4H2,1-2H3/t5-/m0/s1. The van der Waals surface area contributed by atoms with Crippen molar-refractivity contribution in [3.63, 3.8) is 0 Å². The number of halogens is 1. The third-order valence-electron chi connectivity index (χ3n) is 1.33. The Kier molecular flexibility index (Phi) is 3.31. The quantitative estimate of drug-likeness (QED) is 0.817. The summed E-state index contributed by atoms with van der Waals surface area (Å²) in [5, 5.41) is 9.93. The molecule has 0 bridgehead atoms. The van der Waals surface area contributed by atoms with Crippen LogP contribution in [0.4, 0.5) is 5.13 Å². The summed E-state index contributed by atoms with van der Waals surface area (Å²) in [7, 11) is 1.88. The van der Waals surface area contributed by atoms with E-state index < -0.39 is 0 Å². The Morgan fingerprint density at radius 3 is 2.92 bits per heavy atom. The van der Waals surface area contributed by atoms with Gasteiger partial charge in [0.05, 0.1) is 12.3 Å². The van der Waals surface area contributed by atoms with Crippen molar-refractivity contribution in [3.05, 3.63) is 10.5 Å². The zero-order chi connectivity index (χ0) is 9.14. The molecule has 0 spiro atoms. The molecule has 1 N–H and O–H groups in total. The number of rotatable bonds is 3. The van der Waals surface area contributed by atoms with Crippen LogP contribution in [0.15, 0.2) is 6.20 Å². The van der Waals surface area contributed by atoms with Gasteiger partial charge in [-0.2, -0.15) is 0 Å². The molecule has 1 heterocycles. The molecule has 0 saturated carbocycles. The molecule has 0 aliphatic rings. The van der Waals surface area contributed by atoms with E-state index in [0.717, 1.165) is 5.13 Å². The maximum atomic E-state index is 9.09. The van der Waals surface area contributed by atoms with Gasteiger partial charge in [0.15, 0.2) is 5.13 Å². The molecule has 1 aromatic rings. The van der Waals surface area contributed by atoms with E-state index in [4.69, 9.17) is 16.7 Å². The average Bonchev–Trinajstić information content (AvgIpc) is 2.34. The van der Waals surface area contributed by atoms with Gasteiger partial charge < -0.3 is 10.0 Å². The Morgan fingerprint density at radius 1 is 1.83 bits per heavy atom. The van der Waals surface area contributed by atoms with Crippen LogP contribution in [0.2, 0.25) is 4.34 Å². The molecule has 12 heavy (non-hydrogen) atoms. The highest BCUT2D eigenvalue weighted by Crippen LogP contribution is 2.25. The molecule has 0 unspecified atom stereocenters. The Labute approximate surface area is 80.6 Å². The molecule has 0 aromatic carbocycles. The molecule has 0 aliphatic carbocycles. The second-order valence-corrected chi connectivity index (χ2v) is 4.32. The Morgan fingerprint density at radius 2 is 2.50 bits per heavy atom. The maximum absolute atomic E-state index is 9.09. The van der Waals surface area contributed by atoms with Crippen molar-refractivity contribution in [2.45, 2.75) is 13.0 Å². The van der Waals surface area contributed by atoms with E-state index in [1.54, 1.807) is 13.1 Å². The first-order valence-electron chi connectivity index (χ1n) is 3.60. The number of hydrogen-bond acceptors (Lipinski definition) is 4. The molecule has 3 nitrogen and oxygen atoms in total. The minimum absolute atomic E-state index is 0.349. The highest BCUT2D eigenvalue weighted by Gasteiger charge is 2.07. The predicted octanol–water partition coefficient (Wildman–Crippen LogP) is 1.61. The number of anilines is 1. The molecule has 0 amide bonds. The largest absolute Gasteiger partial charge is 0.392 e. The van der Waals surface area contributed by atoms with E-state index in [9.17, 15) is 0 Å². The second kappa shape index (κ2) is 4.07. The Bertz CT molecular complexity index is 251. The van der Waals surface area contributed by atoms with Crippen molar-refractivity contribution in [2.24, 2.45) is 0 Å². The minimum Gasteiger partial charge on any atom is -0.392 e. The lowest BCUT2D eigenvalue weighted by atomic mass is 10.4. The first-order chi connectivity index (χ1) is 5.59. The van der Waals surface area contributed by atoms with Crippen LogP contribution in [0.3, 0.4) is 0 Å². The molecular weight excluding hydrogens is 196 g/mol. The first kappa shape index (κ1) is 9.77. The van der Waals surface area contributed by atoms with Gasteiger partial charge in [-0.1, -0.05) is 22.9 Å². The third-order valence-corrected chi connectivity index (χ3v) is 2.56. The minimum atomic E-state index is -0.349. The van der Waals surface area contributed by atoms with E-state index in [0.29, 0.717) is 10.9 Å². The van der Waals surface area contributed by atoms with Crippen LogP contribution >= 0.6 is 22.9 Å². The van der Waals surface area contributed by atoms with Gasteiger partial charge in [0.2, 0.25) is 0 Å². The fourth-order valence-corrected chi connectivity index (χ4v) is 1.77. The number of thiazole rings is 1. The fraction of sp³-hybridized carbons (Fsp3) is 0.571. The first-order valence-corrected chi connectivity index (χ1v) is 4.79. The summed E-state index contributed by atoms with van der Waals surface area (Å²) in [6.45, 7) is 2.32. The molecule has 68 valence electrons. The lowest BCUT2D eigenvalue weighted by Crippen LogP contribution is -2.26. The second-order valence-electron chi connectivity index (χ2n) is 2.68. The van der Waals surface area contributed by atoms with E-state index in [2.05, 4.69) is 4.98 Å². The predicted molar refractivity (Wildman–Crippen MR) is 52.1 cm³/mol. The Hall–Kier alpha value is -0.320. The van der Waals surface area contributed by atoms with Crippen molar-refractivity contribution in [2.75, 3.05) is 18.5 Å². The van der Waals surface area contributed by atoms with Gasteiger partial charge in [-0.15, -0.1) is 0 Å². The molecular formula is C7H11ClN2OS. The molecule has 0 aliphatic heterocycles. The van der Waals surface area contributed by atoms with Crippen molar-refractivity contribution < 1.29 is 5.11 Å². The number of hydrogen-bond donors (Lipinski definition) is 1. The molecule has 0 fully saturated rings. The smallest absolute Gasteiger partial charge is 0.186 e. The van der Waals surface area contributed by atoms with Gasteiger partial charge in [0.1, 0.15) is 4.34 Å². The van der Waals surface area contributed by atoms with Gasteiger partial charge in [0, 0.05) is 13.6 Å². The molecule has 0 radical (unpaired) electrons. The van der Waals surface area contributed by atoms with E-state index >= 15 is 0 Å². The van der Waals surface area contributed by atoms with Gasteiger partial charge in [-0.3, -0.25) is 0 Å². The summed E-state index contributed by atoms with van der Waals surface area (Å²) >= 11 is 7.11. The topological polar surface area (TPSA) is 36.4 Å². The SMILES string of the molecule is C[C@H](O)CN(C)c1ncc(Cl)s1. The summed E-state index contributed by atoms with van der Waals surface area (Å²) in [4.78, 5) is 5.95. The number of nitrogens with zero attached hydrogens (tertiary/aromatic N) is 2. The van der Waals surface area contributed by atoms with Crippen LogP contribution in [-0.4, -0.2) is 29.8 Å². The van der Waals surface area contributed by atoms with Crippen LogP contribution in [0.5, 0.6) is 0 Å². The van der Waals surface area contributed by atoms with Gasteiger partial charge in [0.25, 0.3) is 0 Å². The maximum Gasteiger partial charge on any atom is 0.186 e. The van der Waals surface area contributed by atoms with Gasteiger partial charge in [-0.05, 0) is 6.92 Å². The van der Waals surface area contributed by atoms with E-state index in [-0.39, 0.29) is 6.10 Å². The molecule has 1 atom stereocenters. The third kappa shape index (κ3) is 2.62. The highest BCUT2D eigenvalue weighted by molar-refractivity contribution is 7.19. The highest BCUT2D eigenvalue weighted by atomic mass is 35.5. The van der Waals surface area contributed by atoms with E-state index in [1.807, 2.05) is 11.9 Å². The lowest BCUT2D eigenvalue weighted by Gasteiger charge is -2.16. The summed E-state index contributed by atoms with van der Waals surface area (Å²) in [6, 6.07) is 0. The molecule has 5 heteroatoms. The summed E-state index contributed by atoms with van der Waals surface area (Å²) in [5.41, 5.74) is 0. The van der Waals surface area contributed by atoms with Crippen molar-refractivity contribution in [1.29, 1.82) is 0 Å². The lowest BCUT2D eigenvalue weighted by molar-refractivity contribution is 0.201. The van der Waals surface area contributed by atoms with Crippen LogP contribution in [0, 0.1) is 0 Å². The van der Waals surface area contributed by atoms with Crippen LogP contribution < -0.4 is 4.90 Å². The number of aliphatic hydroxyl groups is 1. The monoisotopic (exact) mass is 206 g/mol. The van der Waals surface area contributed by atoms with Crippen molar-refractivity contribution in [3.8, 4) is 0 Å². The van der Waals surface area contributed by atoms with Gasteiger partial charge >= 0.3 is 0 Å². The molecule has 0 saturated heterocycles. The summed E-state index contributed by atoms with van der Waals surface area (Å²) < 4.78 is 0.669. The van der Waals surface area contributed by atoms with Gasteiger partial charge in [-0.25, -0.2) is 4.98 Å². The summed E-state index contributed by atoms with van der Waals surface area (Å²) in [6.07, 6.45) is 1.26. The van der Waals surface area contributed by atoms with Crippen molar-refractivity contribution >= 4 is 28.1 Å². The van der Waals surface area contributed by atoms with Crippen molar-refractivity contribution in [1.82, 2.24) is 4.98 Å². The molecule has 1 aromatic heterocycles. The Balaban J connectivity index is 2.58. The van der Waals surface area contributed by atoms with Crippen LogP contribution in [-0.2, 0) is 0 Å². The number of aromatic nitrogens is 1.